The molecule has 94 valence electrons. The molecule has 0 heterocycles. The van der Waals surface area contributed by atoms with Crippen LogP contribution in [-0.2, 0) is 6.54 Å². The smallest absolute Gasteiger partial charge is 0.0548 e. The van der Waals surface area contributed by atoms with Crippen LogP contribution in [-0.4, -0.2) is 17.5 Å². The highest BCUT2D eigenvalue weighted by Crippen LogP contribution is 2.29. The van der Waals surface area contributed by atoms with Gasteiger partial charge >= 0.3 is 0 Å². The van der Waals surface area contributed by atoms with E-state index in [-0.39, 0.29) is 0 Å². The van der Waals surface area contributed by atoms with Crippen LogP contribution in [0.15, 0.2) is 22.7 Å². The summed E-state index contributed by atoms with van der Waals surface area (Å²) < 4.78 is 0.978. The summed E-state index contributed by atoms with van der Waals surface area (Å²) in [4.78, 5) is 0. The predicted octanol–water partition coefficient (Wildman–Crippen LogP) is 4.48. The molecule has 0 spiro atoms. The Morgan fingerprint density at radius 2 is 2.29 bits per heavy atom. The van der Waals surface area contributed by atoms with Gasteiger partial charge in [0.05, 0.1) is 5.02 Å². The van der Waals surface area contributed by atoms with E-state index in [1.165, 1.54) is 24.8 Å². The van der Waals surface area contributed by atoms with Gasteiger partial charge in [-0.25, -0.2) is 0 Å². The normalized spacial score (nSPS) is 24.2. The molecule has 1 fully saturated rings. The second-order valence-corrected chi connectivity index (χ2v) is 6.78. The van der Waals surface area contributed by atoms with Gasteiger partial charge in [0.1, 0.15) is 0 Å². The van der Waals surface area contributed by atoms with Gasteiger partial charge in [0.25, 0.3) is 0 Å². The Morgan fingerprint density at radius 1 is 1.47 bits per heavy atom. The molecule has 0 bridgehead atoms. The Labute approximate surface area is 121 Å². The van der Waals surface area contributed by atoms with E-state index in [0.717, 1.165) is 21.3 Å². The van der Waals surface area contributed by atoms with Crippen molar-refractivity contribution in [3.05, 3.63) is 33.3 Å². The van der Waals surface area contributed by atoms with Crippen LogP contribution in [0, 0.1) is 0 Å². The van der Waals surface area contributed by atoms with Crippen LogP contribution in [0.1, 0.15) is 24.8 Å². The Balaban J connectivity index is 1.91. The number of hydrogen-bond acceptors (Lipinski definition) is 2. The average Bonchev–Trinajstić information content (AvgIpc) is 2.78. The lowest BCUT2D eigenvalue weighted by Crippen LogP contribution is -2.33. The van der Waals surface area contributed by atoms with E-state index in [9.17, 15) is 0 Å². The average molecular weight is 335 g/mol. The molecule has 0 aliphatic heterocycles. The molecule has 1 N–H and O–H groups in total. The summed E-state index contributed by atoms with van der Waals surface area (Å²) in [7, 11) is 0. The van der Waals surface area contributed by atoms with E-state index < -0.39 is 0 Å². The molecule has 1 saturated carbocycles. The second kappa shape index (κ2) is 6.46. The molecule has 4 heteroatoms. The number of halogens is 2. The van der Waals surface area contributed by atoms with Crippen LogP contribution in [0.4, 0.5) is 0 Å². The first-order chi connectivity index (χ1) is 8.20. The van der Waals surface area contributed by atoms with Gasteiger partial charge in [-0.1, -0.05) is 24.1 Å². The maximum atomic E-state index is 5.98. The van der Waals surface area contributed by atoms with Gasteiger partial charge in [0.2, 0.25) is 0 Å². The molecule has 2 rings (SSSR count). The molecule has 1 aromatic rings. The molecule has 2 unspecified atom stereocenters. The molecule has 0 amide bonds. The van der Waals surface area contributed by atoms with E-state index in [4.69, 9.17) is 11.6 Å². The molecule has 1 aliphatic carbocycles. The zero-order chi connectivity index (χ0) is 12.3. The minimum Gasteiger partial charge on any atom is -0.309 e. The standard InChI is InChI=1S/C13H17BrClNS/c1-17-13-4-2-3-12(13)16-8-9-5-6-11(15)10(14)7-9/h5-7,12-13,16H,2-4,8H2,1H3. The van der Waals surface area contributed by atoms with Crippen LogP contribution in [0.3, 0.4) is 0 Å². The summed E-state index contributed by atoms with van der Waals surface area (Å²) in [6, 6.07) is 6.80. The quantitative estimate of drug-likeness (QED) is 0.871. The zero-order valence-corrected chi connectivity index (χ0v) is 13.0. The third-order valence-electron chi connectivity index (χ3n) is 3.31. The zero-order valence-electron chi connectivity index (χ0n) is 9.88. The van der Waals surface area contributed by atoms with Crippen molar-refractivity contribution in [3.8, 4) is 0 Å². The molecule has 1 aliphatic rings. The van der Waals surface area contributed by atoms with Crippen molar-refractivity contribution in [1.82, 2.24) is 5.32 Å². The van der Waals surface area contributed by atoms with Gasteiger partial charge in [-0.15, -0.1) is 0 Å². The molecule has 17 heavy (non-hydrogen) atoms. The molecule has 1 aromatic carbocycles. The lowest BCUT2D eigenvalue weighted by Gasteiger charge is -2.19. The Hall–Kier alpha value is 0.300. The Morgan fingerprint density at radius 3 is 3.00 bits per heavy atom. The number of hydrogen-bond donors (Lipinski definition) is 1. The number of thioether (sulfide) groups is 1. The first-order valence-corrected chi connectivity index (χ1v) is 8.36. The molecule has 1 nitrogen and oxygen atoms in total. The van der Waals surface area contributed by atoms with Crippen LogP contribution < -0.4 is 5.32 Å². The third kappa shape index (κ3) is 3.63. The van der Waals surface area contributed by atoms with Crippen LogP contribution in [0.5, 0.6) is 0 Å². The van der Waals surface area contributed by atoms with Crippen molar-refractivity contribution in [3.63, 3.8) is 0 Å². The van der Waals surface area contributed by atoms with Crippen molar-refractivity contribution >= 4 is 39.3 Å². The van der Waals surface area contributed by atoms with Crippen LogP contribution in [0.25, 0.3) is 0 Å². The largest absolute Gasteiger partial charge is 0.309 e. The van der Waals surface area contributed by atoms with Crippen molar-refractivity contribution in [1.29, 1.82) is 0 Å². The first-order valence-electron chi connectivity index (χ1n) is 5.91. The third-order valence-corrected chi connectivity index (χ3v) is 5.69. The molecule has 0 radical (unpaired) electrons. The van der Waals surface area contributed by atoms with E-state index in [2.05, 4.69) is 39.6 Å². The monoisotopic (exact) mass is 333 g/mol. The topological polar surface area (TPSA) is 12.0 Å². The van der Waals surface area contributed by atoms with Crippen LogP contribution >= 0.6 is 39.3 Å². The summed E-state index contributed by atoms with van der Waals surface area (Å²) in [6.45, 7) is 0.928. The SMILES string of the molecule is CSC1CCCC1NCc1ccc(Cl)c(Br)c1. The van der Waals surface area contributed by atoms with Gasteiger partial charge < -0.3 is 5.32 Å². The predicted molar refractivity (Wildman–Crippen MR) is 80.9 cm³/mol. The van der Waals surface area contributed by atoms with Crippen molar-refractivity contribution < 1.29 is 0 Å². The molecule has 2 atom stereocenters. The molecule has 0 aromatic heterocycles. The lowest BCUT2D eigenvalue weighted by atomic mass is 10.2. The van der Waals surface area contributed by atoms with E-state index in [1.807, 2.05) is 17.8 Å². The highest BCUT2D eigenvalue weighted by atomic mass is 79.9. The summed E-state index contributed by atoms with van der Waals surface area (Å²) in [6.07, 6.45) is 6.22. The molecule has 0 saturated heterocycles. The van der Waals surface area contributed by atoms with Gasteiger partial charge in [-0.05, 0) is 52.7 Å². The second-order valence-electron chi connectivity index (χ2n) is 4.44. The van der Waals surface area contributed by atoms with E-state index in [1.54, 1.807) is 0 Å². The fourth-order valence-corrected chi connectivity index (χ4v) is 3.85. The van der Waals surface area contributed by atoms with Gasteiger partial charge in [0, 0.05) is 22.3 Å². The van der Waals surface area contributed by atoms with Gasteiger partial charge in [-0.3, -0.25) is 0 Å². The Kier molecular flexibility index (Phi) is 5.22. The minimum atomic E-state index is 0.666. The Bertz CT molecular complexity index is 386. The number of nitrogens with one attached hydrogen (secondary N) is 1. The summed E-state index contributed by atoms with van der Waals surface area (Å²) in [5.74, 6) is 0. The summed E-state index contributed by atoms with van der Waals surface area (Å²) in [5.41, 5.74) is 1.29. The first kappa shape index (κ1) is 13.7. The number of rotatable bonds is 4. The fraction of sp³-hybridized carbons (Fsp3) is 0.538. The van der Waals surface area contributed by atoms with Crippen molar-refractivity contribution in [2.24, 2.45) is 0 Å². The molecular weight excluding hydrogens is 318 g/mol. The number of benzene rings is 1. The summed E-state index contributed by atoms with van der Waals surface area (Å²) in [5, 5.41) is 5.22. The van der Waals surface area contributed by atoms with Gasteiger partial charge in [0.15, 0.2) is 0 Å². The highest BCUT2D eigenvalue weighted by Gasteiger charge is 2.25. The van der Waals surface area contributed by atoms with Crippen LogP contribution in [0.2, 0.25) is 5.02 Å². The minimum absolute atomic E-state index is 0.666. The highest BCUT2D eigenvalue weighted by molar-refractivity contribution is 9.10. The van der Waals surface area contributed by atoms with E-state index >= 15 is 0 Å². The fourth-order valence-electron chi connectivity index (χ4n) is 2.34. The lowest BCUT2D eigenvalue weighted by molar-refractivity contribution is 0.532. The molecular formula is C13H17BrClNS. The van der Waals surface area contributed by atoms with Crippen molar-refractivity contribution in [2.45, 2.75) is 37.1 Å². The summed E-state index contributed by atoms with van der Waals surface area (Å²) >= 11 is 11.4. The van der Waals surface area contributed by atoms with Crippen molar-refractivity contribution in [2.75, 3.05) is 6.26 Å². The maximum absolute atomic E-state index is 5.98. The maximum Gasteiger partial charge on any atom is 0.0548 e. The van der Waals surface area contributed by atoms with Gasteiger partial charge in [-0.2, -0.15) is 11.8 Å². The van der Waals surface area contributed by atoms with E-state index in [0.29, 0.717) is 6.04 Å².